The molecule has 2 fully saturated rings. The van der Waals surface area contributed by atoms with Gasteiger partial charge in [-0.25, -0.2) is 0 Å². The molecule has 1 nitrogen and oxygen atoms in total. The van der Waals surface area contributed by atoms with Crippen LogP contribution in [0, 0.1) is 11.8 Å². The Bertz CT molecular complexity index is 170. The van der Waals surface area contributed by atoms with Crippen LogP contribution in [0.15, 0.2) is 11.6 Å². The molecule has 0 spiro atoms. The van der Waals surface area contributed by atoms with E-state index in [2.05, 4.69) is 11.9 Å². The van der Waals surface area contributed by atoms with Crippen molar-refractivity contribution in [2.75, 3.05) is 6.54 Å². The number of hydrogen-bond donors (Lipinski definition) is 1. The van der Waals surface area contributed by atoms with E-state index >= 15 is 0 Å². The Morgan fingerprint density at radius 3 is 2.17 bits per heavy atom. The van der Waals surface area contributed by atoms with Crippen molar-refractivity contribution in [3.63, 3.8) is 0 Å². The first-order chi connectivity index (χ1) is 5.77. The van der Waals surface area contributed by atoms with Gasteiger partial charge in [0.05, 0.1) is 0 Å². The summed E-state index contributed by atoms with van der Waals surface area (Å²) < 4.78 is 0. The molecule has 0 radical (unpaired) electrons. The summed E-state index contributed by atoms with van der Waals surface area (Å²) in [5.74, 6) is 1.90. The predicted octanol–water partition coefficient (Wildman–Crippen LogP) is 2.52. The Balaban J connectivity index is 1.76. The maximum absolute atomic E-state index is 5.72. The minimum atomic E-state index is 0.737. The van der Waals surface area contributed by atoms with Gasteiger partial charge in [-0.3, -0.25) is 0 Å². The molecule has 0 bridgehead atoms. The highest BCUT2D eigenvalue weighted by atomic mass is 35.5. The Morgan fingerprint density at radius 2 is 1.83 bits per heavy atom. The molecule has 2 aliphatic rings. The van der Waals surface area contributed by atoms with E-state index in [-0.39, 0.29) is 0 Å². The van der Waals surface area contributed by atoms with E-state index in [1.807, 2.05) is 0 Å². The average Bonchev–Trinajstić information content (AvgIpc) is 2.83. The van der Waals surface area contributed by atoms with Crippen LogP contribution in [0.4, 0.5) is 0 Å². The minimum absolute atomic E-state index is 0.737. The fraction of sp³-hybridized carbons (Fsp3) is 0.800. The molecule has 0 unspecified atom stereocenters. The maximum Gasteiger partial charge on any atom is 0.0310 e. The highest BCUT2D eigenvalue weighted by Gasteiger charge is 2.40. The number of nitrogens with one attached hydrogen (secondary N) is 1. The molecule has 2 heteroatoms. The second-order valence-electron chi connectivity index (χ2n) is 4.10. The summed E-state index contributed by atoms with van der Waals surface area (Å²) in [5.41, 5.74) is 0. The van der Waals surface area contributed by atoms with Gasteiger partial charge in [-0.1, -0.05) is 18.2 Å². The van der Waals surface area contributed by atoms with Crippen LogP contribution in [0.2, 0.25) is 0 Å². The van der Waals surface area contributed by atoms with Crippen molar-refractivity contribution < 1.29 is 0 Å². The first-order valence-electron chi connectivity index (χ1n) is 4.84. The summed E-state index contributed by atoms with van der Waals surface area (Å²) in [6.45, 7) is 4.48. The van der Waals surface area contributed by atoms with E-state index in [0.717, 1.165) is 29.5 Å². The van der Waals surface area contributed by atoms with Crippen molar-refractivity contribution in [1.82, 2.24) is 5.32 Å². The van der Waals surface area contributed by atoms with Gasteiger partial charge in [0.2, 0.25) is 0 Å². The van der Waals surface area contributed by atoms with Crippen molar-refractivity contribution in [3.8, 4) is 0 Å². The SMILES string of the molecule is C=C(Cl)CNC(C1CC1)C1CC1. The van der Waals surface area contributed by atoms with Gasteiger partial charge in [-0.05, 0) is 37.5 Å². The number of halogens is 1. The monoisotopic (exact) mass is 185 g/mol. The topological polar surface area (TPSA) is 12.0 Å². The molecule has 12 heavy (non-hydrogen) atoms. The molecule has 68 valence electrons. The zero-order chi connectivity index (χ0) is 8.55. The van der Waals surface area contributed by atoms with Crippen LogP contribution in [0.1, 0.15) is 25.7 Å². The summed E-state index contributed by atoms with van der Waals surface area (Å²) in [7, 11) is 0. The third-order valence-corrected chi connectivity index (χ3v) is 2.92. The van der Waals surface area contributed by atoms with Gasteiger partial charge in [-0.15, -0.1) is 0 Å². The van der Waals surface area contributed by atoms with Gasteiger partial charge in [0, 0.05) is 17.6 Å². The Morgan fingerprint density at radius 1 is 1.33 bits per heavy atom. The van der Waals surface area contributed by atoms with Crippen molar-refractivity contribution >= 4 is 11.6 Å². The van der Waals surface area contributed by atoms with Crippen LogP contribution in [0.3, 0.4) is 0 Å². The lowest BCUT2D eigenvalue weighted by atomic mass is 10.1. The van der Waals surface area contributed by atoms with Crippen molar-refractivity contribution in [2.45, 2.75) is 31.7 Å². The standard InChI is InChI=1S/C10H16ClN/c1-7(11)6-12-10(8-2-3-8)9-4-5-9/h8-10,12H,1-6H2. The van der Waals surface area contributed by atoms with Gasteiger partial charge >= 0.3 is 0 Å². The summed E-state index contributed by atoms with van der Waals surface area (Å²) in [4.78, 5) is 0. The van der Waals surface area contributed by atoms with Crippen LogP contribution in [-0.2, 0) is 0 Å². The normalized spacial score (nSPS) is 23.2. The minimum Gasteiger partial charge on any atom is -0.308 e. The first kappa shape index (κ1) is 8.58. The van der Waals surface area contributed by atoms with E-state index in [1.54, 1.807) is 0 Å². The molecule has 0 aromatic rings. The molecular formula is C10H16ClN. The molecule has 0 aliphatic heterocycles. The third kappa shape index (κ3) is 2.24. The Kier molecular flexibility index (Phi) is 2.42. The molecule has 0 saturated heterocycles. The van der Waals surface area contributed by atoms with Gasteiger partial charge in [0.25, 0.3) is 0 Å². The molecule has 0 aromatic heterocycles. The summed E-state index contributed by atoms with van der Waals surface area (Å²) in [6, 6.07) is 0.750. The summed E-state index contributed by atoms with van der Waals surface area (Å²) in [5, 5.41) is 4.25. The highest BCUT2D eigenvalue weighted by Crippen LogP contribution is 2.44. The second kappa shape index (κ2) is 3.39. The fourth-order valence-corrected chi connectivity index (χ4v) is 1.93. The lowest BCUT2D eigenvalue weighted by Gasteiger charge is -2.16. The Labute approximate surface area is 79.2 Å². The first-order valence-corrected chi connectivity index (χ1v) is 5.22. The lowest BCUT2D eigenvalue weighted by molar-refractivity contribution is 0.434. The number of rotatable bonds is 5. The number of hydrogen-bond acceptors (Lipinski definition) is 1. The highest BCUT2D eigenvalue weighted by molar-refractivity contribution is 6.29. The van der Waals surface area contributed by atoms with Crippen molar-refractivity contribution in [1.29, 1.82) is 0 Å². The summed E-state index contributed by atoms with van der Waals surface area (Å²) in [6.07, 6.45) is 5.68. The van der Waals surface area contributed by atoms with E-state index in [1.165, 1.54) is 25.7 Å². The molecule has 2 saturated carbocycles. The van der Waals surface area contributed by atoms with Crippen molar-refractivity contribution in [3.05, 3.63) is 11.6 Å². The zero-order valence-corrected chi connectivity index (χ0v) is 8.11. The zero-order valence-electron chi connectivity index (χ0n) is 7.35. The largest absolute Gasteiger partial charge is 0.308 e. The molecule has 0 amide bonds. The molecule has 0 aromatic carbocycles. The van der Waals surface area contributed by atoms with Gasteiger partial charge in [-0.2, -0.15) is 0 Å². The quantitative estimate of drug-likeness (QED) is 0.694. The van der Waals surface area contributed by atoms with E-state index < -0.39 is 0 Å². The van der Waals surface area contributed by atoms with Gasteiger partial charge in [0.15, 0.2) is 0 Å². The fourth-order valence-electron chi connectivity index (χ4n) is 1.86. The second-order valence-corrected chi connectivity index (χ2v) is 4.63. The van der Waals surface area contributed by atoms with Gasteiger partial charge < -0.3 is 5.32 Å². The van der Waals surface area contributed by atoms with E-state index in [0.29, 0.717) is 0 Å². The maximum atomic E-state index is 5.72. The van der Waals surface area contributed by atoms with Crippen LogP contribution in [0.25, 0.3) is 0 Å². The molecule has 0 heterocycles. The predicted molar refractivity (Wildman–Crippen MR) is 52.2 cm³/mol. The third-order valence-electron chi connectivity index (χ3n) is 2.79. The molecule has 0 atom stereocenters. The van der Waals surface area contributed by atoms with Crippen LogP contribution in [0.5, 0.6) is 0 Å². The average molecular weight is 186 g/mol. The smallest absolute Gasteiger partial charge is 0.0310 e. The van der Waals surface area contributed by atoms with Crippen LogP contribution >= 0.6 is 11.6 Å². The van der Waals surface area contributed by atoms with Crippen LogP contribution < -0.4 is 5.32 Å². The Hall–Kier alpha value is -0.0100. The molecule has 1 N–H and O–H groups in total. The van der Waals surface area contributed by atoms with Crippen LogP contribution in [-0.4, -0.2) is 12.6 Å². The molecule has 2 aliphatic carbocycles. The van der Waals surface area contributed by atoms with Crippen molar-refractivity contribution in [2.24, 2.45) is 11.8 Å². The van der Waals surface area contributed by atoms with E-state index in [4.69, 9.17) is 11.6 Å². The van der Waals surface area contributed by atoms with E-state index in [9.17, 15) is 0 Å². The lowest BCUT2D eigenvalue weighted by Crippen LogP contribution is -2.33. The summed E-state index contributed by atoms with van der Waals surface area (Å²) >= 11 is 5.72. The van der Waals surface area contributed by atoms with Gasteiger partial charge in [0.1, 0.15) is 0 Å². The molecule has 2 rings (SSSR count). The molecular weight excluding hydrogens is 170 g/mol.